The van der Waals surface area contributed by atoms with E-state index in [4.69, 9.17) is 34.0 Å². The van der Waals surface area contributed by atoms with E-state index in [0.717, 1.165) is 19.0 Å². The number of hydrogen-bond donors (Lipinski definition) is 6. The maximum atomic E-state index is 15.7. The topological polar surface area (TPSA) is 120 Å². The van der Waals surface area contributed by atoms with Crippen molar-refractivity contribution in [2.75, 3.05) is 26.0 Å². The zero-order valence-electron chi connectivity index (χ0n) is 22.8. The van der Waals surface area contributed by atoms with Crippen molar-refractivity contribution in [3.63, 3.8) is 0 Å². The first-order chi connectivity index (χ1) is 18.9. The van der Waals surface area contributed by atoms with Gasteiger partial charge < -0.3 is 26.6 Å². The van der Waals surface area contributed by atoms with Gasteiger partial charge in [0.1, 0.15) is 11.6 Å². The number of aliphatic hydroxyl groups excluding tert-OH is 2. The Balaban J connectivity index is 2.14. The lowest BCUT2D eigenvalue weighted by molar-refractivity contribution is -0.123. The number of nitrogens with two attached hydrogens (primary N) is 1. The molecule has 0 bridgehead atoms. The summed E-state index contributed by atoms with van der Waals surface area (Å²) in [5.74, 6) is -2.96. The van der Waals surface area contributed by atoms with Crippen LogP contribution < -0.4 is 21.1 Å². The van der Waals surface area contributed by atoms with Crippen molar-refractivity contribution in [3.8, 4) is 0 Å². The maximum Gasteiger partial charge on any atom is 0.237 e. The minimum Gasteiger partial charge on any atom is -0.394 e. The third kappa shape index (κ3) is 7.46. The Labute approximate surface area is 248 Å². The highest BCUT2D eigenvalue weighted by Gasteiger charge is 2.58. The van der Waals surface area contributed by atoms with Crippen molar-refractivity contribution in [1.82, 2.24) is 15.4 Å². The van der Waals surface area contributed by atoms with Crippen LogP contribution >= 0.6 is 35.1 Å². The van der Waals surface area contributed by atoms with Gasteiger partial charge in [-0.1, -0.05) is 67.2 Å². The molecule has 0 spiro atoms. The molecule has 1 heterocycles. The molecular formula is C28H38Cl2F2N4O3S. The summed E-state index contributed by atoms with van der Waals surface area (Å²) in [6.07, 6.45) is 2.25. The molecular weight excluding hydrogens is 581 g/mol. The molecule has 1 saturated heterocycles. The summed E-state index contributed by atoms with van der Waals surface area (Å²) in [6, 6.07) is 6.92. The highest BCUT2D eigenvalue weighted by atomic mass is 35.5. The van der Waals surface area contributed by atoms with Gasteiger partial charge in [0.05, 0.1) is 29.3 Å². The number of nitrogens with one attached hydrogen (secondary N) is 3. The smallest absolute Gasteiger partial charge is 0.237 e. The number of rotatable bonds is 13. The Morgan fingerprint density at radius 1 is 1.25 bits per heavy atom. The molecule has 1 aliphatic rings. The van der Waals surface area contributed by atoms with Crippen LogP contribution in [0.4, 0.5) is 8.78 Å². The van der Waals surface area contributed by atoms with Crippen LogP contribution in [0.2, 0.25) is 10.0 Å². The van der Waals surface area contributed by atoms with Crippen LogP contribution in [0.1, 0.15) is 50.2 Å². The molecule has 1 fully saturated rings. The zero-order valence-corrected chi connectivity index (χ0v) is 25.1. The molecule has 40 heavy (non-hydrogen) atoms. The molecule has 5 atom stereocenters. The molecule has 1 aliphatic heterocycles. The molecule has 2 aromatic carbocycles. The fourth-order valence-corrected chi connectivity index (χ4v) is 6.15. The lowest BCUT2D eigenvalue weighted by Crippen LogP contribution is -2.52. The largest absolute Gasteiger partial charge is 0.394 e. The number of halogens is 4. The van der Waals surface area contributed by atoms with Crippen LogP contribution in [-0.4, -0.2) is 60.3 Å². The SMILES string of the molecule is CSNCCC(C)(C)C[C@@H]1N[C@@H](C(=O)NCC[C@H](O)CO)[C@H](c2cccc(Cl)c2F)[C@@]1(N)c1ccc(Cl)cc1F. The first kappa shape index (κ1) is 33.0. The van der Waals surface area contributed by atoms with Crippen LogP contribution in [0, 0.1) is 17.0 Å². The molecule has 1 amide bonds. The number of amides is 1. The van der Waals surface area contributed by atoms with Gasteiger partial charge in [0.25, 0.3) is 0 Å². The van der Waals surface area contributed by atoms with E-state index in [1.165, 1.54) is 36.2 Å². The second-order valence-corrected chi connectivity index (χ2v) is 12.5. The van der Waals surface area contributed by atoms with Gasteiger partial charge in [-0.05, 0) is 54.7 Å². The summed E-state index contributed by atoms with van der Waals surface area (Å²) in [4.78, 5) is 13.6. The van der Waals surface area contributed by atoms with Crippen LogP contribution in [0.15, 0.2) is 36.4 Å². The molecule has 0 unspecified atom stereocenters. The number of aliphatic hydroxyl groups is 2. The summed E-state index contributed by atoms with van der Waals surface area (Å²) in [6.45, 7) is 4.46. The van der Waals surface area contributed by atoms with Gasteiger partial charge in [-0.3, -0.25) is 9.52 Å². The molecule has 0 saturated carbocycles. The average Bonchev–Trinajstić information content (AvgIpc) is 3.17. The molecule has 7 nitrogen and oxygen atoms in total. The second kappa shape index (κ2) is 14.1. The van der Waals surface area contributed by atoms with E-state index in [1.807, 2.05) is 6.26 Å². The summed E-state index contributed by atoms with van der Waals surface area (Å²) < 4.78 is 34.5. The monoisotopic (exact) mass is 618 g/mol. The molecule has 0 aliphatic carbocycles. The van der Waals surface area contributed by atoms with E-state index in [2.05, 4.69) is 29.2 Å². The van der Waals surface area contributed by atoms with Crippen molar-refractivity contribution in [1.29, 1.82) is 0 Å². The number of benzene rings is 2. The summed E-state index contributed by atoms with van der Waals surface area (Å²) in [7, 11) is 0. The Morgan fingerprint density at radius 3 is 2.62 bits per heavy atom. The standard InChI is InChI=1S/C28H38Cl2F2N4O3S/c1-27(2,10-12-35-40-3)14-22-28(33,19-8-7-16(29)13-21(19)31)23(18-5-4-6-20(30)24(18)32)25(36-22)26(39)34-11-9-17(38)15-37/h4-8,13,17,22-23,25,35-38H,9-12,14-15,33H2,1-3H3,(H,34,39)/t17-,22-,23-,25+,28+/m0/s1. The Bertz CT molecular complexity index is 1180. The Morgan fingerprint density at radius 2 is 1.98 bits per heavy atom. The number of carbonyl (C=O) groups is 1. The van der Waals surface area contributed by atoms with E-state index >= 15 is 8.78 Å². The van der Waals surface area contributed by atoms with Gasteiger partial charge in [-0.25, -0.2) is 8.78 Å². The normalized spacial score (nSPS) is 23.8. The van der Waals surface area contributed by atoms with Gasteiger partial charge in [0.2, 0.25) is 5.91 Å². The minimum atomic E-state index is -1.59. The van der Waals surface area contributed by atoms with Crippen LogP contribution in [0.3, 0.4) is 0 Å². The first-order valence-corrected chi connectivity index (χ1v) is 15.1. The maximum absolute atomic E-state index is 15.7. The van der Waals surface area contributed by atoms with E-state index in [1.54, 1.807) is 6.07 Å². The first-order valence-electron chi connectivity index (χ1n) is 13.1. The molecule has 2 aromatic rings. The number of carbonyl (C=O) groups excluding carboxylic acids is 1. The van der Waals surface area contributed by atoms with Gasteiger partial charge in [0.15, 0.2) is 0 Å². The zero-order chi connectivity index (χ0) is 29.7. The van der Waals surface area contributed by atoms with Crippen LogP contribution in [0.5, 0.6) is 0 Å². The van der Waals surface area contributed by atoms with Gasteiger partial charge >= 0.3 is 0 Å². The van der Waals surface area contributed by atoms with Crippen molar-refractivity contribution in [2.45, 2.75) is 62.8 Å². The quantitative estimate of drug-likeness (QED) is 0.148. The molecule has 3 rings (SSSR count). The van der Waals surface area contributed by atoms with E-state index in [0.29, 0.717) is 6.42 Å². The van der Waals surface area contributed by atoms with Crippen molar-refractivity contribution in [3.05, 3.63) is 69.2 Å². The van der Waals surface area contributed by atoms with Crippen LogP contribution in [-0.2, 0) is 10.3 Å². The lowest BCUT2D eigenvalue weighted by Gasteiger charge is -2.40. The third-order valence-corrected chi connectivity index (χ3v) is 8.61. The highest BCUT2D eigenvalue weighted by molar-refractivity contribution is 7.96. The fraction of sp³-hybridized carbons (Fsp3) is 0.536. The summed E-state index contributed by atoms with van der Waals surface area (Å²) in [5.41, 5.74) is 5.52. The molecule has 0 aromatic heterocycles. The van der Waals surface area contributed by atoms with E-state index in [9.17, 15) is 9.90 Å². The molecule has 7 N–H and O–H groups in total. The summed E-state index contributed by atoms with van der Waals surface area (Å²) in [5, 5.41) is 25.0. The van der Waals surface area contributed by atoms with Crippen LogP contribution in [0.25, 0.3) is 0 Å². The average molecular weight is 620 g/mol. The minimum absolute atomic E-state index is 0.0624. The van der Waals surface area contributed by atoms with Gasteiger partial charge in [-0.2, -0.15) is 0 Å². The molecule has 12 heteroatoms. The predicted octanol–water partition coefficient (Wildman–Crippen LogP) is 4.08. The summed E-state index contributed by atoms with van der Waals surface area (Å²) >= 11 is 13.7. The van der Waals surface area contributed by atoms with E-state index < -0.39 is 53.8 Å². The predicted molar refractivity (Wildman–Crippen MR) is 157 cm³/mol. The Kier molecular flexibility index (Phi) is 11.6. The number of hydrogen-bond acceptors (Lipinski definition) is 7. The van der Waals surface area contributed by atoms with Crippen molar-refractivity contribution < 1.29 is 23.8 Å². The highest BCUT2D eigenvalue weighted by Crippen LogP contribution is 2.50. The van der Waals surface area contributed by atoms with E-state index in [-0.39, 0.29) is 39.6 Å². The molecule has 0 radical (unpaired) electrons. The van der Waals surface area contributed by atoms with Gasteiger partial charge in [0, 0.05) is 35.6 Å². The Hall–Kier alpha value is -1.50. The van der Waals surface area contributed by atoms with Gasteiger partial charge in [-0.15, -0.1) is 0 Å². The third-order valence-electron chi connectivity index (χ3n) is 7.59. The molecule has 222 valence electrons. The lowest BCUT2D eigenvalue weighted by atomic mass is 9.67. The van der Waals surface area contributed by atoms with Crippen molar-refractivity contribution >= 4 is 41.1 Å². The second-order valence-electron chi connectivity index (χ2n) is 11.0. The fourth-order valence-electron chi connectivity index (χ4n) is 5.50. The van der Waals surface area contributed by atoms with Crippen molar-refractivity contribution in [2.24, 2.45) is 11.1 Å².